The van der Waals surface area contributed by atoms with Crippen LogP contribution in [0.4, 0.5) is 10.1 Å². The van der Waals surface area contributed by atoms with Crippen molar-refractivity contribution in [1.29, 1.82) is 0 Å². The van der Waals surface area contributed by atoms with Gasteiger partial charge in [0, 0.05) is 22.7 Å². The number of carbonyl (C=O) groups excluding carboxylic acids is 2. The summed E-state index contributed by atoms with van der Waals surface area (Å²) in [5.74, 6) is -0.913. The molecule has 0 radical (unpaired) electrons. The minimum Gasteiger partial charge on any atom is -0.497 e. The number of fused-ring (bicyclic) bond motifs is 1. The summed E-state index contributed by atoms with van der Waals surface area (Å²) >= 11 is 0. The van der Waals surface area contributed by atoms with Crippen LogP contribution < -0.4 is 10.1 Å². The van der Waals surface area contributed by atoms with E-state index >= 15 is 0 Å². The van der Waals surface area contributed by atoms with Gasteiger partial charge in [0.05, 0.1) is 23.9 Å². The topological polar surface area (TPSA) is 77.5 Å². The number of anilines is 1. The van der Waals surface area contributed by atoms with Crippen LogP contribution in [0.25, 0.3) is 22.2 Å². The maximum Gasteiger partial charge on any atom is 0.339 e. The molecule has 4 aromatic rings. The van der Waals surface area contributed by atoms with E-state index in [9.17, 15) is 14.0 Å². The van der Waals surface area contributed by atoms with Crippen molar-refractivity contribution < 1.29 is 23.5 Å². The number of para-hydroxylation sites is 1. The lowest BCUT2D eigenvalue weighted by molar-refractivity contribution is -0.119. The van der Waals surface area contributed by atoms with Crippen molar-refractivity contribution in [2.24, 2.45) is 0 Å². The number of nitrogens with zero attached hydrogens (tertiary/aromatic N) is 1. The van der Waals surface area contributed by atoms with Crippen molar-refractivity contribution >= 4 is 28.5 Å². The zero-order valence-electron chi connectivity index (χ0n) is 17.2. The lowest BCUT2D eigenvalue weighted by atomic mass is 10.0. The highest BCUT2D eigenvalue weighted by molar-refractivity contribution is 6.05. The van der Waals surface area contributed by atoms with E-state index in [1.807, 2.05) is 0 Å². The molecule has 0 saturated carbocycles. The summed E-state index contributed by atoms with van der Waals surface area (Å²) in [6.45, 7) is -0.460. The molecule has 160 valence electrons. The highest BCUT2D eigenvalue weighted by atomic mass is 19.1. The Morgan fingerprint density at radius 1 is 0.969 bits per heavy atom. The quantitative estimate of drug-likeness (QED) is 0.443. The molecule has 0 unspecified atom stereocenters. The number of esters is 1. The summed E-state index contributed by atoms with van der Waals surface area (Å²) in [5, 5.41) is 3.25. The molecular weight excluding hydrogens is 411 g/mol. The van der Waals surface area contributed by atoms with Gasteiger partial charge in [0.15, 0.2) is 6.61 Å². The first-order valence-electron chi connectivity index (χ1n) is 9.80. The number of halogens is 1. The van der Waals surface area contributed by atoms with Gasteiger partial charge in [-0.05, 0) is 48.5 Å². The van der Waals surface area contributed by atoms with E-state index in [1.165, 1.54) is 19.2 Å². The Bertz CT molecular complexity index is 1290. The molecule has 1 aromatic heterocycles. The van der Waals surface area contributed by atoms with E-state index < -0.39 is 18.5 Å². The summed E-state index contributed by atoms with van der Waals surface area (Å²) < 4.78 is 23.7. The Hall–Kier alpha value is -4.26. The van der Waals surface area contributed by atoms with Crippen molar-refractivity contribution in [1.82, 2.24) is 4.98 Å². The Morgan fingerprint density at radius 2 is 1.75 bits per heavy atom. The first kappa shape index (κ1) is 21.0. The third-order valence-corrected chi connectivity index (χ3v) is 4.76. The average molecular weight is 430 g/mol. The van der Waals surface area contributed by atoms with Gasteiger partial charge in [0.2, 0.25) is 0 Å². The van der Waals surface area contributed by atoms with E-state index in [0.717, 1.165) is 0 Å². The van der Waals surface area contributed by atoms with Crippen molar-refractivity contribution in [3.63, 3.8) is 0 Å². The van der Waals surface area contributed by atoms with Crippen LogP contribution in [-0.2, 0) is 9.53 Å². The molecule has 0 aliphatic rings. The van der Waals surface area contributed by atoms with Gasteiger partial charge in [-0.3, -0.25) is 4.79 Å². The van der Waals surface area contributed by atoms with E-state index in [-0.39, 0.29) is 11.4 Å². The first-order valence-corrected chi connectivity index (χ1v) is 9.80. The minimum atomic E-state index is -0.659. The second kappa shape index (κ2) is 9.26. The van der Waals surface area contributed by atoms with E-state index in [1.54, 1.807) is 66.7 Å². The molecule has 0 fully saturated rings. The Morgan fingerprint density at radius 3 is 2.53 bits per heavy atom. The number of methoxy groups -OCH3 is 1. The lowest BCUT2D eigenvalue weighted by Crippen LogP contribution is -2.21. The first-order chi connectivity index (χ1) is 15.5. The number of rotatable bonds is 6. The van der Waals surface area contributed by atoms with Crippen LogP contribution in [0.15, 0.2) is 78.9 Å². The number of carbonyl (C=O) groups is 2. The summed E-state index contributed by atoms with van der Waals surface area (Å²) in [6, 6.07) is 21.4. The second-order valence-electron chi connectivity index (χ2n) is 6.94. The molecule has 4 rings (SSSR count). The Kier molecular flexibility index (Phi) is 6.07. The number of hydrogen-bond acceptors (Lipinski definition) is 5. The standard InChI is InChI=1S/C25H19FN2O4/c1-31-19-6-4-5-18(13-19)27-24(29)15-32-25(30)21-14-23(16-9-11-17(26)12-10-16)28-22-8-3-2-7-20(21)22/h2-14H,15H2,1H3,(H,27,29). The number of amides is 1. The number of ether oxygens (including phenoxy) is 2. The highest BCUT2D eigenvalue weighted by Crippen LogP contribution is 2.26. The maximum atomic E-state index is 13.3. The fourth-order valence-electron chi connectivity index (χ4n) is 3.22. The van der Waals surface area contributed by atoms with Crippen LogP contribution in [0.1, 0.15) is 10.4 Å². The largest absolute Gasteiger partial charge is 0.497 e. The number of benzene rings is 3. The van der Waals surface area contributed by atoms with Crippen LogP contribution in [0.5, 0.6) is 5.75 Å². The number of aromatic nitrogens is 1. The Labute approximate surface area is 183 Å². The number of hydrogen-bond donors (Lipinski definition) is 1. The van der Waals surface area contributed by atoms with E-state index in [2.05, 4.69) is 10.3 Å². The molecule has 0 atom stereocenters. The molecule has 6 nitrogen and oxygen atoms in total. The maximum absolute atomic E-state index is 13.3. The molecule has 3 aromatic carbocycles. The molecule has 0 spiro atoms. The van der Waals surface area contributed by atoms with Gasteiger partial charge in [-0.1, -0.05) is 24.3 Å². The summed E-state index contributed by atoms with van der Waals surface area (Å²) in [4.78, 5) is 29.7. The van der Waals surface area contributed by atoms with Gasteiger partial charge < -0.3 is 14.8 Å². The molecule has 1 heterocycles. The molecule has 1 N–H and O–H groups in total. The van der Waals surface area contributed by atoms with Crippen molar-refractivity contribution in [2.45, 2.75) is 0 Å². The molecule has 1 amide bonds. The van der Waals surface area contributed by atoms with Crippen molar-refractivity contribution in [2.75, 3.05) is 19.0 Å². The van der Waals surface area contributed by atoms with E-state index in [0.29, 0.717) is 33.6 Å². The molecule has 0 aliphatic carbocycles. The van der Waals surface area contributed by atoms with Gasteiger partial charge in [-0.25, -0.2) is 14.2 Å². The SMILES string of the molecule is COc1cccc(NC(=O)COC(=O)c2cc(-c3ccc(F)cc3)nc3ccccc23)c1. The van der Waals surface area contributed by atoms with Gasteiger partial charge in [0.1, 0.15) is 11.6 Å². The molecule has 7 heteroatoms. The van der Waals surface area contributed by atoms with Crippen LogP contribution >= 0.6 is 0 Å². The molecule has 0 saturated heterocycles. The fourth-order valence-corrected chi connectivity index (χ4v) is 3.22. The third kappa shape index (κ3) is 4.73. The zero-order chi connectivity index (χ0) is 22.5. The molecular formula is C25H19FN2O4. The second-order valence-corrected chi connectivity index (χ2v) is 6.94. The molecule has 0 bridgehead atoms. The molecule has 0 aliphatic heterocycles. The van der Waals surface area contributed by atoms with Crippen LogP contribution in [0.3, 0.4) is 0 Å². The number of pyridine rings is 1. The monoisotopic (exact) mass is 430 g/mol. The smallest absolute Gasteiger partial charge is 0.339 e. The van der Waals surface area contributed by atoms with Crippen LogP contribution in [0.2, 0.25) is 0 Å². The predicted octanol–water partition coefficient (Wildman–Crippen LogP) is 4.85. The zero-order valence-corrected chi connectivity index (χ0v) is 17.2. The van der Waals surface area contributed by atoms with Crippen LogP contribution in [-0.4, -0.2) is 30.6 Å². The predicted molar refractivity (Wildman–Crippen MR) is 119 cm³/mol. The molecule has 32 heavy (non-hydrogen) atoms. The van der Waals surface area contributed by atoms with Crippen molar-refractivity contribution in [3.8, 4) is 17.0 Å². The third-order valence-electron chi connectivity index (χ3n) is 4.76. The highest BCUT2D eigenvalue weighted by Gasteiger charge is 2.17. The number of nitrogens with one attached hydrogen (secondary N) is 1. The minimum absolute atomic E-state index is 0.268. The van der Waals surface area contributed by atoms with Gasteiger partial charge in [-0.2, -0.15) is 0 Å². The van der Waals surface area contributed by atoms with Gasteiger partial charge in [-0.15, -0.1) is 0 Å². The van der Waals surface area contributed by atoms with E-state index in [4.69, 9.17) is 9.47 Å². The summed E-state index contributed by atoms with van der Waals surface area (Å²) in [6.07, 6.45) is 0. The van der Waals surface area contributed by atoms with Crippen LogP contribution in [0, 0.1) is 5.82 Å². The normalized spacial score (nSPS) is 10.6. The average Bonchev–Trinajstić information content (AvgIpc) is 2.82. The fraction of sp³-hybridized carbons (Fsp3) is 0.0800. The van der Waals surface area contributed by atoms with Crippen molar-refractivity contribution in [3.05, 3.63) is 90.2 Å². The van der Waals surface area contributed by atoms with Gasteiger partial charge in [0.25, 0.3) is 5.91 Å². The lowest BCUT2D eigenvalue weighted by Gasteiger charge is -2.11. The summed E-state index contributed by atoms with van der Waals surface area (Å²) in [7, 11) is 1.53. The summed E-state index contributed by atoms with van der Waals surface area (Å²) in [5.41, 5.74) is 2.53. The van der Waals surface area contributed by atoms with Gasteiger partial charge >= 0.3 is 5.97 Å². The Balaban J connectivity index is 1.54.